The van der Waals surface area contributed by atoms with E-state index in [1.165, 1.54) is 6.33 Å². The zero-order valence-electron chi connectivity index (χ0n) is 9.21. The summed E-state index contributed by atoms with van der Waals surface area (Å²) >= 11 is 0. The van der Waals surface area contributed by atoms with Gasteiger partial charge >= 0.3 is 0 Å². The van der Waals surface area contributed by atoms with Crippen molar-refractivity contribution in [2.24, 2.45) is 7.05 Å². The fourth-order valence-electron chi connectivity index (χ4n) is 1.48. The minimum Gasteiger partial charge on any atom is -0.347 e. The number of hydrogen-bond donors (Lipinski definition) is 1. The van der Waals surface area contributed by atoms with Gasteiger partial charge in [-0.25, -0.2) is 4.98 Å². The molecule has 0 atom stereocenters. The first-order chi connectivity index (χ1) is 7.68. The molecule has 0 spiro atoms. The summed E-state index contributed by atoms with van der Waals surface area (Å²) in [5, 5.41) is 6.46. The van der Waals surface area contributed by atoms with Gasteiger partial charge in [-0.1, -0.05) is 0 Å². The number of carbonyl (C=O) groups excluding carboxylic acids is 1. The number of amides is 1. The lowest BCUT2D eigenvalue weighted by Crippen LogP contribution is -2.28. The smallest absolute Gasteiger partial charge is 0.270 e. The zero-order chi connectivity index (χ0) is 11.5. The number of carbonyl (C=O) groups is 1. The van der Waals surface area contributed by atoms with Crippen LogP contribution in [0.5, 0.6) is 0 Å². The highest BCUT2D eigenvalue weighted by Gasteiger charge is 2.15. The molecular formula is C10H13N5O. The molecule has 2 aromatic heterocycles. The van der Waals surface area contributed by atoms with Crippen molar-refractivity contribution in [1.29, 1.82) is 0 Å². The molecule has 84 valence electrons. The molecule has 16 heavy (non-hydrogen) atoms. The van der Waals surface area contributed by atoms with E-state index in [1.807, 2.05) is 19.3 Å². The Hall–Kier alpha value is -2.11. The van der Waals surface area contributed by atoms with Gasteiger partial charge in [0.1, 0.15) is 17.8 Å². The van der Waals surface area contributed by atoms with Crippen LogP contribution in [0.4, 0.5) is 0 Å². The summed E-state index contributed by atoms with van der Waals surface area (Å²) < 4.78 is 1.79. The highest BCUT2D eigenvalue weighted by atomic mass is 16.2. The molecule has 6 heteroatoms. The molecule has 0 fully saturated rings. The maximum absolute atomic E-state index is 12.0. The van der Waals surface area contributed by atoms with Crippen molar-refractivity contribution in [2.45, 2.75) is 6.54 Å². The van der Waals surface area contributed by atoms with Crippen LogP contribution in [0.25, 0.3) is 0 Å². The van der Waals surface area contributed by atoms with E-state index >= 15 is 0 Å². The summed E-state index contributed by atoms with van der Waals surface area (Å²) in [7, 11) is 3.58. The van der Waals surface area contributed by atoms with Gasteiger partial charge in [-0.15, -0.1) is 0 Å². The Bertz CT molecular complexity index is 473. The molecule has 2 rings (SSSR count). The van der Waals surface area contributed by atoms with E-state index in [4.69, 9.17) is 0 Å². The molecule has 2 heterocycles. The molecule has 2 aromatic rings. The molecule has 0 aromatic carbocycles. The normalized spacial score (nSPS) is 10.4. The third kappa shape index (κ3) is 1.95. The summed E-state index contributed by atoms with van der Waals surface area (Å²) in [6.07, 6.45) is 3.27. The Labute approximate surface area is 92.9 Å². The second kappa shape index (κ2) is 4.18. The number of rotatable bonds is 3. The average molecular weight is 219 g/mol. The van der Waals surface area contributed by atoms with Gasteiger partial charge in [0.05, 0.1) is 6.54 Å². The molecule has 0 aliphatic rings. The summed E-state index contributed by atoms with van der Waals surface area (Å²) in [5.41, 5.74) is 0.655. The van der Waals surface area contributed by atoms with Crippen molar-refractivity contribution in [3.05, 3.63) is 36.2 Å². The first-order valence-corrected chi connectivity index (χ1v) is 4.89. The van der Waals surface area contributed by atoms with E-state index in [9.17, 15) is 4.79 Å². The topological polar surface area (TPSA) is 66.8 Å². The van der Waals surface area contributed by atoms with Gasteiger partial charge in [0.2, 0.25) is 0 Å². The standard InChI is InChI=1S/C10H13N5O/c1-14-5-3-4-8(14)10(16)15(2)6-9-11-7-12-13-9/h3-5,7H,6H2,1-2H3,(H,11,12,13). The Morgan fingerprint density at radius 1 is 1.62 bits per heavy atom. The number of H-pyrrole nitrogens is 1. The highest BCUT2D eigenvalue weighted by molar-refractivity contribution is 5.92. The maximum Gasteiger partial charge on any atom is 0.270 e. The molecule has 0 unspecified atom stereocenters. The van der Waals surface area contributed by atoms with Crippen molar-refractivity contribution in [1.82, 2.24) is 24.6 Å². The second-order valence-corrected chi connectivity index (χ2v) is 3.60. The van der Waals surface area contributed by atoms with Gasteiger partial charge in [-0.2, -0.15) is 5.10 Å². The van der Waals surface area contributed by atoms with E-state index in [0.29, 0.717) is 18.1 Å². The van der Waals surface area contributed by atoms with E-state index in [0.717, 1.165) is 0 Å². The van der Waals surface area contributed by atoms with Crippen LogP contribution in [0.2, 0.25) is 0 Å². The molecule has 1 N–H and O–H groups in total. The van der Waals surface area contributed by atoms with Crippen LogP contribution in [0.15, 0.2) is 24.7 Å². The summed E-state index contributed by atoms with van der Waals surface area (Å²) in [6, 6.07) is 3.63. The fourth-order valence-corrected chi connectivity index (χ4v) is 1.48. The lowest BCUT2D eigenvalue weighted by atomic mass is 10.3. The zero-order valence-corrected chi connectivity index (χ0v) is 9.21. The highest BCUT2D eigenvalue weighted by Crippen LogP contribution is 2.05. The fraction of sp³-hybridized carbons (Fsp3) is 0.300. The average Bonchev–Trinajstić information content (AvgIpc) is 2.88. The second-order valence-electron chi connectivity index (χ2n) is 3.60. The van der Waals surface area contributed by atoms with Crippen LogP contribution < -0.4 is 0 Å². The molecule has 0 aliphatic heterocycles. The lowest BCUT2D eigenvalue weighted by molar-refractivity contribution is 0.0772. The molecular weight excluding hydrogens is 206 g/mol. The van der Waals surface area contributed by atoms with Crippen LogP contribution >= 0.6 is 0 Å². The van der Waals surface area contributed by atoms with Crippen molar-refractivity contribution in [3.63, 3.8) is 0 Å². The first kappa shape index (κ1) is 10.4. The Morgan fingerprint density at radius 3 is 3.00 bits per heavy atom. The number of nitrogens with zero attached hydrogens (tertiary/aromatic N) is 4. The van der Waals surface area contributed by atoms with Crippen LogP contribution in [0.3, 0.4) is 0 Å². The molecule has 0 radical (unpaired) electrons. The van der Waals surface area contributed by atoms with Crippen molar-refractivity contribution in [3.8, 4) is 0 Å². The number of nitrogens with one attached hydrogen (secondary N) is 1. The van der Waals surface area contributed by atoms with Gasteiger partial charge in [-0.3, -0.25) is 9.89 Å². The van der Waals surface area contributed by atoms with Crippen LogP contribution in [-0.2, 0) is 13.6 Å². The van der Waals surface area contributed by atoms with E-state index < -0.39 is 0 Å². The van der Waals surface area contributed by atoms with Gasteiger partial charge < -0.3 is 9.47 Å². The van der Waals surface area contributed by atoms with Crippen molar-refractivity contribution < 1.29 is 4.79 Å². The van der Waals surface area contributed by atoms with Gasteiger partial charge in [-0.05, 0) is 12.1 Å². The summed E-state index contributed by atoms with van der Waals surface area (Å²) in [6.45, 7) is 0.421. The first-order valence-electron chi connectivity index (χ1n) is 4.89. The largest absolute Gasteiger partial charge is 0.347 e. The van der Waals surface area contributed by atoms with Gasteiger partial charge in [0, 0.05) is 20.3 Å². The minimum atomic E-state index is -0.0381. The van der Waals surface area contributed by atoms with Crippen LogP contribution in [0, 0.1) is 0 Å². The Kier molecular flexibility index (Phi) is 2.72. The van der Waals surface area contributed by atoms with E-state index in [-0.39, 0.29) is 5.91 Å². The van der Waals surface area contributed by atoms with Gasteiger partial charge in [0.25, 0.3) is 5.91 Å². The van der Waals surface area contributed by atoms with Crippen LogP contribution in [0.1, 0.15) is 16.3 Å². The monoisotopic (exact) mass is 219 g/mol. The lowest BCUT2D eigenvalue weighted by Gasteiger charge is -2.15. The molecule has 0 saturated carbocycles. The number of aryl methyl sites for hydroxylation is 1. The molecule has 1 amide bonds. The summed E-state index contributed by atoms with van der Waals surface area (Å²) in [5.74, 6) is 0.633. The number of hydrogen-bond acceptors (Lipinski definition) is 3. The third-order valence-electron chi connectivity index (χ3n) is 2.36. The number of aromatic nitrogens is 4. The molecule has 0 saturated heterocycles. The minimum absolute atomic E-state index is 0.0381. The summed E-state index contributed by atoms with van der Waals surface area (Å²) in [4.78, 5) is 17.6. The Morgan fingerprint density at radius 2 is 2.44 bits per heavy atom. The predicted molar refractivity (Wildman–Crippen MR) is 57.6 cm³/mol. The van der Waals surface area contributed by atoms with Gasteiger partial charge in [0.15, 0.2) is 0 Å². The predicted octanol–water partition coefficient (Wildman–Crippen LogP) is 0.415. The van der Waals surface area contributed by atoms with E-state index in [1.54, 1.807) is 22.6 Å². The van der Waals surface area contributed by atoms with Crippen molar-refractivity contribution >= 4 is 5.91 Å². The quantitative estimate of drug-likeness (QED) is 0.813. The molecule has 6 nitrogen and oxygen atoms in total. The van der Waals surface area contributed by atoms with Crippen molar-refractivity contribution in [2.75, 3.05) is 7.05 Å². The SMILES string of the molecule is CN(Cc1ncn[nH]1)C(=O)c1cccn1C. The molecule has 0 aliphatic carbocycles. The van der Waals surface area contributed by atoms with Crippen LogP contribution in [-0.4, -0.2) is 37.6 Å². The number of aromatic amines is 1. The molecule has 0 bridgehead atoms. The maximum atomic E-state index is 12.0. The van der Waals surface area contributed by atoms with E-state index in [2.05, 4.69) is 15.2 Å². The Balaban J connectivity index is 2.08. The third-order valence-corrected chi connectivity index (χ3v) is 2.36.